The molecule has 2 amide bonds. The van der Waals surface area contributed by atoms with Gasteiger partial charge in [-0.2, -0.15) is 5.10 Å². The number of ether oxygens (including phenoxy) is 1. The first-order valence-corrected chi connectivity index (χ1v) is 11.8. The molecule has 9 heteroatoms. The molecule has 1 aromatic carbocycles. The van der Waals surface area contributed by atoms with E-state index >= 15 is 0 Å². The van der Waals surface area contributed by atoms with Gasteiger partial charge in [0.05, 0.1) is 10.7 Å². The number of fused-ring (bicyclic) bond motifs is 3. The van der Waals surface area contributed by atoms with Crippen molar-refractivity contribution >= 4 is 23.4 Å². The minimum absolute atomic E-state index is 0.00813. The minimum atomic E-state index is -0.586. The Morgan fingerprint density at radius 1 is 1.24 bits per heavy atom. The summed E-state index contributed by atoms with van der Waals surface area (Å²) in [5, 5.41) is 10.9. The van der Waals surface area contributed by atoms with Crippen molar-refractivity contribution in [1.82, 2.24) is 20.4 Å². The van der Waals surface area contributed by atoms with Gasteiger partial charge in [-0.3, -0.25) is 14.3 Å². The maximum absolute atomic E-state index is 13.6. The molecule has 0 aliphatic heterocycles. The summed E-state index contributed by atoms with van der Waals surface area (Å²) in [5.74, 6) is -0.468. The van der Waals surface area contributed by atoms with Crippen LogP contribution < -0.4 is 15.4 Å². The third kappa shape index (κ3) is 4.71. The zero-order valence-electron chi connectivity index (χ0n) is 19.2. The Morgan fingerprint density at radius 2 is 1.97 bits per heavy atom. The first-order chi connectivity index (χ1) is 15.7. The summed E-state index contributed by atoms with van der Waals surface area (Å²) in [4.78, 5) is 25.7. The predicted octanol–water partition coefficient (Wildman–Crippen LogP) is 4.02. The molecular formula is C24H30ClFN4O3. The fourth-order valence-corrected chi connectivity index (χ4v) is 5.50. The van der Waals surface area contributed by atoms with Crippen molar-refractivity contribution in [3.05, 3.63) is 46.5 Å². The van der Waals surface area contributed by atoms with Crippen LogP contribution in [0.3, 0.4) is 0 Å². The van der Waals surface area contributed by atoms with Crippen LogP contribution in [0, 0.1) is 18.7 Å². The Kier molecular flexibility index (Phi) is 6.40. The highest BCUT2D eigenvalue weighted by Gasteiger charge is 2.54. The van der Waals surface area contributed by atoms with Gasteiger partial charge in [-0.15, -0.1) is 0 Å². The zero-order chi connectivity index (χ0) is 23.8. The average molecular weight is 477 g/mol. The van der Waals surface area contributed by atoms with Crippen molar-refractivity contribution in [2.75, 3.05) is 6.61 Å². The van der Waals surface area contributed by atoms with Crippen LogP contribution in [0.25, 0.3) is 0 Å². The number of nitrogens with zero attached hydrogens (tertiary/aromatic N) is 2. The number of hydrogen-bond donors (Lipinski definition) is 2. The van der Waals surface area contributed by atoms with Crippen molar-refractivity contribution < 1.29 is 18.7 Å². The molecule has 2 N–H and O–H groups in total. The Balaban J connectivity index is 1.36. The molecule has 2 aromatic rings. The minimum Gasteiger partial charge on any atom is -0.484 e. The molecule has 0 spiro atoms. The van der Waals surface area contributed by atoms with Crippen molar-refractivity contribution in [3.63, 3.8) is 0 Å². The second-order valence-corrected chi connectivity index (χ2v) is 9.80. The Morgan fingerprint density at radius 3 is 2.61 bits per heavy atom. The number of aryl methyl sites for hydroxylation is 2. The molecule has 0 saturated heterocycles. The number of carbonyl (C=O) groups excluding carboxylic acids is 2. The van der Waals surface area contributed by atoms with Crippen LogP contribution in [0.15, 0.2) is 24.3 Å². The van der Waals surface area contributed by atoms with Crippen molar-refractivity contribution in [2.45, 2.75) is 70.5 Å². The highest BCUT2D eigenvalue weighted by Crippen LogP contribution is 2.50. The topological polar surface area (TPSA) is 85.3 Å². The van der Waals surface area contributed by atoms with Gasteiger partial charge in [-0.1, -0.05) is 18.5 Å². The predicted molar refractivity (Wildman–Crippen MR) is 123 cm³/mol. The van der Waals surface area contributed by atoms with Gasteiger partial charge in [0.2, 0.25) is 0 Å². The van der Waals surface area contributed by atoms with Crippen LogP contribution in [0.2, 0.25) is 5.02 Å². The lowest BCUT2D eigenvalue weighted by Crippen LogP contribution is -2.67. The van der Waals surface area contributed by atoms with E-state index in [0.29, 0.717) is 12.2 Å². The van der Waals surface area contributed by atoms with E-state index in [0.717, 1.165) is 37.8 Å². The Hall–Kier alpha value is -2.61. The van der Waals surface area contributed by atoms with Gasteiger partial charge in [0, 0.05) is 23.7 Å². The monoisotopic (exact) mass is 476 g/mol. The molecule has 33 heavy (non-hydrogen) atoms. The van der Waals surface area contributed by atoms with Crippen LogP contribution in [0.5, 0.6) is 5.75 Å². The number of nitrogens with one attached hydrogen (secondary N) is 2. The maximum atomic E-state index is 13.6. The van der Waals surface area contributed by atoms with E-state index in [1.165, 1.54) is 18.2 Å². The summed E-state index contributed by atoms with van der Waals surface area (Å²) in [5.41, 5.74) is 0.825. The van der Waals surface area contributed by atoms with Crippen LogP contribution >= 0.6 is 11.6 Å². The Labute approximate surface area is 198 Å². The van der Waals surface area contributed by atoms with Gasteiger partial charge in [-0.25, -0.2) is 4.39 Å². The zero-order valence-corrected chi connectivity index (χ0v) is 20.0. The first-order valence-electron chi connectivity index (χ1n) is 11.4. The molecule has 3 aliphatic carbocycles. The molecule has 1 aromatic heterocycles. The number of benzene rings is 1. The molecule has 5 rings (SSSR count). The third-order valence-corrected chi connectivity index (χ3v) is 7.51. The second kappa shape index (κ2) is 8.97. The molecule has 1 unspecified atom stereocenters. The highest BCUT2D eigenvalue weighted by molar-refractivity contribution is 6.30. The third-order valence-electron chi connectivity index (χ3n) is 7.20. The van der Waals surface area contributed by atoms with Crippen LogP contribution in [-0.2, 0) is 11.3 Å². The molecule has 178 valence electrons. The number of rotatable bonds is 7. The van der Waals surface area contributed by atoms with Crippen LogP contribution in [0.4, 0.5) is 4.39 Å². The van der Waals surface area contributed by atoms with Gasteiger partial charge in [0.1, 0.15) is 17.3 Å². The number of carbonyl (C=O) groups is 2. The summed E-state index contributed by atoms with van der Waals surface area (Å²) in [6.45, 7) is 6.41. The number of halogens is 2. The standard InChI is InChI=1S/C24H30ClFN4O3/c1-4-30-20(11-16(3)29-30)22(32)28-23-7-9-24(10-8-23,15(2)13-23)27-21(31)14-33-17-5-6-18(25)19(26)12-17/h5-6,11-12,15H,4,7-10,13-14H2,1-3H3,(H,27,31)(H,28,32). The largest absolute Gasteiger partial charge is 0.484 e. The van der Waals surface area contributed by atoms with Crippen molar-refractivity contribution in [2.24, 2.45) is 5.92 Å². The van der Waals surface area contributed by atoms with Crippen molar-refractivity contribution in [1.29, 1.82) is 0 Å². The van der Waals surface area contributed by atoms with E-state index in [1.54, 1.807) is 4.68 Å². The maximum Gasteiger partial charge on any atom is 0.269 e. The molecule has 3 fully saturated rings. The second-order valence-electron chi connectivity index (χ2n) is 9.40. The van der Waals surface area contributed by atoms with Gasteiger partial charge >= 0.3 is 0 Å². The first kappa shape index (κ1) is 23.5. The molecule has 1 heterocycles. The molecule has 7 nitrogen and oxygen atoms in total. The smallest absolute Gasteiger partial charge is 0.269 e. The van der Waals surface area contributed by atoms with Gasteiger partial charge in [0.25, 0.3) is 11.8 Å². The molecule has 2 bridgehead atoms. The van der Waals surface area contributed by atoms with E-state index in [1.807, 2.05) is 19.9 Å². The fraction of sp³-hybridized carbons (Fsp3) is 0.542. The highest BCUT2D eigenvalue weighted by atomic mass is 35.5. The quantitative estimate of drug-likeness (QED) is 0.632. The summed E-state index contributed by atoms with van der Waals surface area (Å²) >= 11 is 5.68. The van der Waals surface area contributed by atoms with Crippen LogP contribution in [-0.4, -0.2) is 39.3 Å². The molecule has 3 saturated carbocycles. The molecule has 3 aliphatic rings. The normalized spacial score (nSPS) is 26.2. The van der Waals surface area contributed by atoms with Crippen molar-refractivity contribution in [3.8, 4) is 5.75 Å². The van der Waals surface area contributed by atoms with Crippen LogP contribution in [0.1, 0.15) is 62.1 Å². The summed E-state index contributed by atoms with van der Waals surface area (Å²) in [6.07, 6.45) is 3.95. The van der Waals surface area contributed by atoms with E-state index in [-0.39, 0.29) is 46.2 Å². The lowest BCUT2D eigenvalue weighted by molar-refractivity contribution is -0.128. The molecular weight excluding hydrogens is 447 g/mol. The summed E-state index contributed by atoms with van der Waals surface area (Å²) < 4.78 is 20.8. The van der Waals surface area contributed by atoms with E-state index in [4.69, 9.17) is 16.3 Å². The molecule has 1 atom stereocenters. The van der Waals surface area contributed by atoms with E-state index < -0.39 is 5.82 Å². The van der Waals surface area contributed by atoms with Gasteiger partial charge in [0.15, 0.2) is 6.61 Å². The van der Waals surface area contributed by atoms with E-state index in [2.05, 4.69) is 22.7 Å². The SMILES string of the molecule is CCn1nc(C)cc1C(=O)NC12CCC(NC(=O)COc3ccc(Cl)c(F)c3)(CC1)C(C)C2. The van der Waals surface area contributed by atoms with Gasteiger partial charge in [-0.05, 0) is 70.1 Å². The summed E-state index contributed by atoms with van der Waals surface area (Å²) in [7, 11) is 0. The Bertz CT molecular complexity index is 1060. The lowest BCUT2D eigenvalue weighted by Gasteiger charge is -2.57. The average Bonchev–Trinajstić information content (AvgIpc) is 3.17. The fourth-order valence-electron chi connectivity index (χ4n) is 5.38. The number of aromatic nitrogens is 2. The lowest BCUT2D eigenvalue weighted by atomic mass is 9.56. The number of amides is 2. The van der Waals surface area contributed by atoms with E-state index in [9.17, 15) is 14.0 Å². The van der Waals surface area contributed by atoms with Gasteiger partial charge < -0.3 is 15.4 Å². The summed E-state index contributed by atoms with van der Waals surface area (Å²) in [6, 6.07) is 5.92. The molecule has 0 radical (unpaired) electrons. The number of hydrogen-bond acceptors (Lipinski definition) is 4.